The number of benzene rings is 1. The Balaban J connectivity index is 2.61. The van der Waals surface area contributed by atoms with Gasteiger partial charge in [-0.2, -0.15) is 0 Å². The Kier molecular flexibility index (Phi) is 3.22. The summed E-state index contributed by atoms with van der Waals surface area (Å²) < 4.78 is 21.1. The van der Waals surface area contributed by atoms with Crippen molar-refractivity contribution in [2.24, 2.45) is 5.14 Å². The summed E-state index contributed by atoms with van der Waals surface area (Å²) in [5.41, 5.74) is 0.964. The Morgan fingerprint density at radius 2 is 1.85 bits per heavy atom. The van der Waals surface area contributed by atoms with E-state index in [1.54, 1.807) is 6.08 Å². The minimum Gasteiger partial charge on any atom is -0.228 e. The molecule has 3 nitrogen and oxygen atoms in total. The molecule has 0 aliphatic heterocycles. The van der Waals surface area contributed by atoms with Crippen LogP contribution in [0.25, 0.3) is 6.08 Å². The summed E-state index contributed by atoms with van der Waals surface area (Å²) in [5.74, 6) is -0.123. The molecule has 1 rings (SSSR count). The van der Waals surface area contributed by atoms with Crippen LogP contribution in [0, 0.1) is 0 Å². The first-order chi connectivity index (χ1) is 6.08. The number of hydrogen-bond donors (Lipinski definition) is 1. The van der Waals surface area contributed by atoms with Gasteiger partial charge in [0.1, 0.15) is 0 Å². The van der Waals surface area contributed by atoms with Gasteiger partial charge in [0.25, 0.3) is 0 Å². The number of rotatable bonds is 3. The first-order valence-electron chi connectivity index (χ1n) is 3.80. The first kappa shape index (κ1) is 9.95. The standard InChI is InChI=1S/C9H11NO2S/c10-13(11,12)8-4-7-9-5-2-1-3-6-9/h1-7H,8H2,(H2,10,11,12). The predicted molar refractivity (Wildman–Crippen MR) is 53.5 cm³/mol. The zero-order chi connectivity index (χ0) is 9.73. The third-order valence-corrected chi connectivity index (χ3v) is 2.10. The fourth-order valence-corrected chi connectivity index (χ4v) is 1.25. The molecule has 1 aromatic carbocycles. The maximum atomic E-state index is 10.5. The smallest absolute Gasteiger partial charge is 0.212 e. The van der Waals surface area contributed by atoms with E-state index in [4.69, 9.17) is 5.14 Å². The Bertz CT molecular complexity index is 381. The van der Waals surface area contributed by atoms with Crippen LogP contribution in [-0.4, -0.2) is 14.2 Å². The van der Waals surface area contributed by atoms with E-state index in [-0.39, 0.29) is 5.75 Å². The second-order valence-electron chi connectivity index (χ2n) is 2.64. The lowest BCUT2D eigenvalue weighted by Gasteiger charge is -1.91. The number of hydrogen-bond acceptors (Lipinski definition) is 2. The third-order valence-electron chi connectivity index (χ3n) is 1.44. The van der Waals surface area contributed by atoms with Crippen LogP contribution >= 0.6 is 0 Å². The Hall–Kier alpha value is -1.13. The van der Waals surface area contributed by atoms with Gasteiger partial charge in [0.15, 0.2) is 0 Å². The van der Waals surface area contributed by atoms with Crippen LogP contribution < -0.4 is 5.14 Å². The number of primary sulfonamides is 1. The lowest BCUT2D eigenvalue weighted by atomic mass is 10.2. The molecule has 0 saturated carbocycles. The normalized spacial score (nSPS) is 12.1. The van der Waals surface area contributed by atoms with Crippen LogP contribution in [0.15, 0.2) is 36.4 Å². The van der Waals surface area contributed by atoms with Gasteiger partial charge in [-0.25, -0.2) is 13.6 Å². The van der Waals surface area contributed by atoms with Crippen molar-refractivity contribution in [1.29, 1.82) is 0 Å². The molecule has 0 spiro atoms. The third kappa shape index (κ3) is 4.45. The van der Waals surface area contributed by atoms with Gasteiger partial charge >= 0.3 is 0 Å². The summed E-state index contributed by atoms with van der Waals surface area (Å²) in [5, 5.41) is 4.82. The predicted octanol–water partition coefficient (Wildman–Crippen LogP) is 0.988. The molecule has 1 aromatic rings. The molecule has 0 saturated heterocycles. The highest BCUT2D eigenvalue weighted by atomic mass is 32.2. The highest BCUT2D eigenvalue weighted by molar-refractivity contribution is 7.89. The molecule has 0 heterocycles. The van der Waals surface area contributed by atoms with Crippen LogP contribution in [0.3, 0.4) is 0 Å². The summed E-state index contributed by atoms with van der Waals surface area (Å²) >= 11 is 0. The zero-order valence-electron chi connectivity index (χ0n) is 7.05. The van der Waals surface area contributed by atoms with Crippen molar-refractivity contribution in [2.45, 2.75) is 0 Å². The molecule has 70 valence electrons. The average Bonchev–Trinajstić information content (AvgIpc) is 2.04. The van der Waals surface area contributed by atoms with E-state index in [2.05, 4.69) is 0 Å². The molecule has 2 N–H and O–H groups in total. The summed E-state index contributed by atoms with van der Waals surface area (Å²) in [4.78, 5) is 0. The van der Waals surface area contributed by atoms with Crippen LogP contribution in [0.1, 0.15) is 5.56 Å². The van der Waals surface area contributed by atoms with Crippen molar-refractivity contribution in [3.63, 3.8) is 0 Å². The quantitative estimate of drug-likeness (QED) is 0.785. The van der Waals surface area contributed by atoms with Gasteiger partial charge in [-0.05, 0) is 5.56 Å². The zero-order valence-corrected chi connectivity index (χ0v) is 7.87. The van der Waals surface area contributed by atoms with Gasteiger partial charge in [0.2, 0.25) is 10.0 Å². The van der Waals surface area contributed by atoms with Crippen LogP contribution in [0.4, 0.5) is 0 Å². The monoisotopic (exact) mass is 197 g/mol. The maximum Gasteiger partial charge on any atom is 0.212 e. The van der Waals surface area contributed by atoms with Gasteiger partial charge in [0.05, 0.1) is 5.75 Å². The number of nitrogens with two attached hydrogens (primary N) is 1. The fourth-order valence-electron chi connectivity index (χ4n) is 0.882. The van der Waals surface area contributed by atoms with Gasteiger partial charge in [-0.15, -0.1) is 0 Å². The molecule has 0 atom stereocenters. The van der Waals surface area contributed by atoms with Gasteiger partial charge in [-0.1, -0.05) is 42.5 Å². The molecule has 0 bridgehead atoms. The lowest BCUT2D eigenvalue weighted by molar-refractivity contribution is 0.600. The van der Waals surface area contributed by atoms with Gasteiger partial charge in [-0.3, -0.25) is 0 Å². The molecular weight excluding hydrogens is 186 g/mol. The van der Waals surface area contributed by atoms with Crippen molar-refractivity contribution in [2.75, 3.05) is 5.75 Å². The van der Waals surface area contributed by atoms with Crippen LogP contribution in [0.5, 0.6) is 0 Å². The molecule has 0 unspecified atom stereocenters. The molecule has 13 heavy (non-hydrogen) atoms. The topological polar surface area (TPSA) is 60.2 Å². The molecule has 0 radical (unpaired) electrons. The van der Waals surface area contributed by atoms with E-state index >= 15 is 0 Å². The van der Waals surface area contributed by atoms with E-state index in [9.17, 15) is 8.42 Å². The molecule has 0 fully saturated rings. The van der Waals surface area contributed by atoms with Crippen molar-refractivity contribution >= 4 is 16.1 Å². The molecule has 0 aliphatic carbocycles. The second-order valence-corrected chi connectivity index (χ2v) is 4.30. The summed E-state index contributed by atoms with van der Waals surface area (Å²) in [6.45, 7) is 0. The van der Waals surface area contributed by atoms with Crippen molar-refractivity contribution < 1.29 is 8.42 Å². The van der Waals surface area contributed by atoms with E-state index < -0.39 is 10.0 Å². The molecular formula is C9H11NO2S. The van der Waals surface area contributed by atoms with Crippen LogP contribution in [0.2, 0.25) is 0 Å². The van der Waals surface area contributed by atoms with E-state index in [0.29, 0.717) is 0 Å². The summed E-state index contributed by atoms with van der Waals surface area (Å²) in [7, 11) is -3.38. The Morgan fingerprint density at radius 3 is 2.38 bits per heavy atom. The number of sulfonamides is 1. The molecule has 0 amide bonds. The average molecular weight is 197 g/mol. The molecule has 4 heteroatoms. The van der Waals surface area contributed by atoms with Gasteiger partial charge < -0.3 is 0 Å². The van der Waals surface area contributed by atoms with Crippen molar-refractivity contribution in [3.05, 3.63) is 42.0 Å². The highest BCUT2D eigenvalue weighted by Crippen LogP contribution is 2.00. The largest absolute Gasteiger partial charge is 0.228 e. The molecule has 0 aromatic heterocycles. The summed E-state index contributed by atoms with van der Waals surface area (Å²) in [6.07, 6.45) is 3.26. The fraction of sp³-hybridized carbons (Fsp3) is 0.111. The van der Waals surface area contributed by atoms with Crippen molar-refractivity contribution in [3.8, 4) is 0 Å². The first-order valence-corrected chi connectivity index (χ1v) is 5.51. The Labute approximate surface area is 77.9 Å². The molecule has 0 aliphatic rings. The van der Waals surface area contributed by atoms with E-state index in [1.807, 2.05) is 30.3 Å². The Morgan fingerprint density at radius 1 is 1.23 bits per heavy atom. The van der Waals surface area contributed by atoms with E-state index in [1.165, 1.54) is 6.08 Å². The minimum absolute atomic E-state index is 0.123. The van der Waals surface area contributed by atoms with Gasteiger partial charge in [0, 0.05) is 0 Å². The summed E-state index contributed by atoms with van der Waals surface area (Å²) in [6, 6.07) is 9.45. The van der Waals surface area contributed by atoms with Crippen molar-refractivity contribution in [1.82, 2.24) is 0 Å². The SMILES string of the molecule is NS(=O)(=O)CC=Cc1ccccc1. The lowest BCUT2D eigenvalue weighted by Crippen LogP contribution is -2.14. The minimum atomic E-state index is -3.38. The highest BCUT2D eigenvalue weighted by Gasteiger charge is 1.95. The van der Waals surface area contributed by atoms with Crippen LogP contribution in [-0.2, 0) is 10.0 Å². The maximum absolute atomic E-state index is 10.5. The second kappa shape index (κ2) is 4.20. The van der Waals surface area contributed by atoms with E-state index in [0.717, 1.165) is 5.56 Å².